The van der Waals surface area contributed by atoms with E-state index in [1.807, 2.05) is 31.2 Å². The Bertz CT molecular complexity index is 919. The number of halogens is 1. The van der Waals surface area contributed by atoms with Gasteiger partial charge in [-0.2, -0.15) is 5.26 Å². The first-order valence-corrected chi connectivity index (χ1v) is 7.93. The maximum atomic E-state index is 12.2. The van der Waals surface area contributed by atoms with E-state index in [0.717, 1.165) is 17.2 Å². The van der Waals surface area contributed by atoms with Crippen LogP contribution >= 0.6 is 11.6 Å². The number of benzene rings is 2. The lowest BCUT2D eigenvalue weighted by Crippen LogP contribution is -2.17. The molecule has 26 heavy (non-hydrogen) atoms. The summed E-state index contributed by atoms with van der Waals surface area (Å²) < 4.78 is 0. The molecule has 0 aliphatic rings. The van der Waals surface area contributed by atoms with Crippen LogP contribution in [-0.2, 0) is 11.3 Å². The number of amides is 1. The number of carbonyl (C=O) groups is 1. The topological polar surface area (TPSA) is 108 Å². The Morgan fingerprint density at radius 2 is 2.08 bits per heavy atom. The number of carbonyl (C=O) groups excluding carboxylic acids is 1. The zero-order valence-corrected chi connectivity index (χ0v) is 14.6. The van der Waals surface area contributed by atoms with Gasteiger partial charge in [-0.3, -0.25) is 14.9 Å². The summed E-state index contributed by atoms with van der Waals surface area (Å²) in [6, 6.07) is 13.4. The molecule has 0 atom stereocenters. The zero-order valence-electron chi connectivity index (χ0n) is 13.8. The first-order chi connectivity index (χ1) is 12.4. The number of nitro groups is 1. The van der Waals surface area contributed by atoms with E-state index in [1.165, 1.54) is 18.3 Å². The van der Waals surface area contributed by atoms with Crippen molar-refractivity contribution in [2.75, 3.05) is 5.32 Å². The quantitative estimate of drug-likeness (QED) is 0.349. The number of nitro benzene ring substituents is 1. The molecular weight excluding hydrogens is 356 g/mol. The van der Waals surface area contributed by atoms with Crippen molar-refractivity contribution >= 4 is 28.9 Å². The molecule has 0 unspecified atom stereocenters. The largest absolute Gasteiger partial charge is 0.386 e. The molecule has 0 aromatic heterocycles. The SMILES string of the molecule is Cc1ccccc1CN/C=C(/C#N)C(=O)Nc1ccc(Cl)c([N+](=O)[O-])c1. The smallest absolute Gasteiger partial charge is 0.289 e. The molecule has 0 bridgehead atoms. The van der Waals surface area contributed by atoms with Gasteiger partial charge in [-0.05, 0) is 30.2 Å². The standard InChI is InChI=1S/C18H15ClN4O3/c1-12-4-2-3-5-13(12)10-21-11-14(9-20)18(24)22-15-6-7-16(19)17(8-15)23(25)26/h2-8,11,21H,10H2,1H3,(H,22,24)/b14-11-. The van der Waals surface area contributed by atoms with E-state index in [1.54, 1.807) is 6.07 Å². The van der Waals surface area contributed by atoms with Crippen molar-refractivity contribution in [1.82, 2.24) is 5.32 Å². The van der Waals surface area contributed by atoms with E-state index < -0.39 is 10.8 Å². The highest BCUT2D eigenvalue weighted by molar-refractivity contribution is 6.32. The van der Waals surface area contributed by atoms with Gasteiger partial charge in [-0.25, -0.2) is 0 Å². The van der Waals surface area contributed by atoms with Crippen LogP contribution in [0.25, 0.3) is 0 Å². The van der Waals surface area contributed by atoms with Crippen molar-refractivity contribution in [3.63, 3.8) is 0 Å². The van der Waals surface area contributed by atoms with Crippen molar-refractivity contribution < 1.29 is 9.72 Å². The molecular formula is C18H15ClN4O3. The number of nitriles is 1. The van der Waals surface area contributed by atoms with E-state index in [0.29, 0.717) is 6.54 Å². The van der Waals surface area contributed by atoms with E-state index >= 15 is 0 Å². The number of aryl methyl sites for hydroxylation is 1. The van der Waals surface area contributed by atoms with Gasteiger partial charge >= 0.3 is 0 Å². The van der Waals surface area contributed by atoms with Crippen LogP contribution in [0.5, 0.6) is 0 Å². The van der Waals surface area contributed by atoms with E-state index in [9.17, 15) is 14.9 Å². The molecule has 2 N–H and O–H groups in total. The van der Waals surface area contributed by atoms with Crippen molar-refractivity contribution in [1.29, 1.82) is 5.26 Å². The Morgan fingerprint density at radius 1 is 1.35 bits per heavy atom. The van der Waals surface area contributed by atoms with E-state index in [4.69, 9.17) is 16.9 Å². The number of anilines is 1. The summed E-state index contributed by atoms with van der Waals surface area (Å²) in [4.78, 5) is 22.4. The van der Waals surface area contributed by atoms with Crippen LogP contribution in [0.4, 0.5) is 11.4 Å². The lowest BCUT2D eigenvalue weighted by Gasteiger charge is -2.07. The van der Waals surface area contributed by atoms with Crippen molar-refractivity contribution in [3.8, 4) is 6.07 Å². The minimum atomic E-state index is -0.679. The molecule has 8 heteroatoms. The number of rotatable bonds is 6. The van der Waals surface area contributed by atoms with Crippen molar-refractivity contribution in [3.05, 3.63) is 80.5 Å². The molecule has 0 heterocycles. The van der Waals surface area contributed by atoms with Crippen LogP contribution in [0.2, 0.25) is 5.02 Å². The summed E-state index contributed by atoms with van der Waals surface area (Å²) >= 11 is 5.73. The minimum absolute atomic E-state index is 0.0380. The monoisotopic (exact) mass is 370 g/mol. The Hall–Kier alpha value is -3.37. The van der Waals surface area contributed by atoms with Crippen LogP contribution in [-0.4, -0.2) is 10.8 Å². The van der Waals surface area contributed by atoms with E-state index in [2.05, 4.69) is 10.6 Å². The Balaban J connectivity index is 2.07. The van der Waals surface area contributed by atoms with Crippen LogP contribution in [0, 0.1) is 28.4 Å². The maximum Gasteiger partial charge on any atom is 0.289 e. The summed E-state index contributed by atoms with van der Waals surface area (Å²) in [5.41, 5.74) is 1.81. The average molecular weight is 371 g/mol. The molecule has 2 rings (SSSR count). The van der Waals surface area contributed by atoms with Crippen LogP contribution < -0.4 is 10.6 Å². The molecule has 1 amide bonds. The summed E-state index contributed by atoms with van der Waals surface area (Å²) in [7, 11) is 0. The summed E-state index contributed by atoms with van der Waals surface area (Å²) in [5, 5.41) is 25.4. The van der Waals surface area contributed by atoms with E-state index in [-0.39, 0.29) is 22.0 Å². The van der Waals surface area contributed by atoms with Gasteiger partial charge in [0, 0.05) is 24.5 Å². The number of nitrogens with one attached hydrogen (secondary N) is 2. The lowest BCUT2D eigenvalue weighted by atomic mass is 10.1. The molecule has 0 spiro atoms. The molecule has 7 nitrogen and oxygen atoms in total. The molecule has 0 saturated carbocycles. The highest BCUT2D eigenvalue weighted by atomic mass is 35.5. The van der Waals surface area contributed by atoms with Gasteiger partial charge in [-0.15, -0.1) is 0 Å². The van der Waals surface area contributed by atoms with Crippen molar-refractivity contribution in [2.45, 2.75) is 13.5 Å². The molecule has 0 fully saturated rings. The predicted octanol–water partition coefficient (Wildman–Crippen LogP) is 3.69. The van der Waals surface area contributed by atoms with Gasteiger partial charge in [0.05, 0.1) is 4.92 Å². The Labute approximate surface area is 155 Å². The van der Waals surface area contributed by atoms with Crippen LogP contribution in [0.1, 0.15) is 11.1 Å². The average Bonchev–Trinajstić information content (AvgIpc) is 2.61. The predicted molar refractivity (Wildman–Crippen MR) is 98.5 cm³/mol. The second kappa shape index (κ2) is 8.65. The highest BCUT2D eigenvalue weighted by Crippen LogP contribution is 2.27. The van der Waals surface area contributed by atoms with Gasteiger partial charge in [0.1, 0.15) is 16.7 Å². The number of hydrogen-bond acceptors (Lipinski definition) is 5. The van der Waals surface area contributed by atoms with Gasteiger partial charge in [0.2, 0.25) is 0 Å². The van der Waals surface area contributed by atoms with Crippen LogP contribution in [0.15, 0.2) is 54.2 Å². The first-order valence-electron chi connectivity index (χ1n) is 7.56. The summed E-state index contributed by atoms with van der Waals surface area (Å²) in [6.07, 6.45) is 1.31. The second-order valence-corrected chi connectivity index (χ2v) is 5.76. The normalized spacial score (nSPS) is 10.7. The molecule has 0 aliphatic heterocycles. The molecule has 0 saturated heterocycles. The fourth-order valence-corrected chi connectivity index (χ4v) is 2.34. The van der Waals surface area contributed by atoms with Crippen molar-refractivity contribution in [2.24, 2.45) is 0 Å². The van der Waals surface area contributed by atoms with Gasteiger partial charge < -0.3 is 10.6 Å². The lowest BCUT2D eigenvalue weighted by molar-refractivity contribution is -0.384. The second-order valence-electron chi connectivity index (χ2n) is 5.35. The van der Waals surface area contributed by atoms with Gasteiger partial charge in [0.15, 0.2) is 0 Å². The Morgan fingerprint density at radius 3 is 2.73 bits per heavy atom. The summed E-state index contributed by atoms with van der Waals surface area (Å²) in [6.45, 7) is 2.42. The van der Waals surface area contributed by atoms with Crippen LogP contribution in [0.3, 0.4) is 0 Å². The van der Waals surface area contributed by atoms with Gasteiger partial charge in [0.25, 0.3) is 11.6 Å². The highest BCUT2D eigenvalue weighted by Gasteiger charge is 2.15. The Kier molecular flexibility index (Phi) is 6.31. The molecule has 2 aromatic carbocycles. The molecule has 0 radical (unpaired) electrons. The number of nitrogens with zero attached hydrogens (tertiary/aromatic N) is 2. The zero-order chi connectivity index (χ0) is 19.1. The fraction of sp³-hybridized carbons (Fsp3) is 0.111. The molecule has 2 aromatic rings. The maximum absolute atomic E-state index is 12.2. The molecule has 0 aliphatic carbocycles. The summed E-state index contributed by atoms with van der Waals surface area (Å²) in [5.74, 6) is -0.679. The minimum Gasteiger partial charge on any atom is -0.386 e. The number of hydrogen-bond donors (Lipinski definition) is 2. The third-order valence-electron chi connectivity index (χ3n) is 3.57. The third kappa shape index (κ3) is 4.82. The third-order valence-corrected chi connectivity index (χ3v) is 3.89. The molecule has 132 valence electrons. The fourth-order valence-electron chi connectivity index (χ4n) is 2.15. The van der Waals surface area contributed by atoms with Gasteiger partial charge in [-0.1, -0.05) is 35.9 Å². The first kappa shape index (κ1) is 19.0.